The third-order valence-corrected chi connectivity index (χ3v) is 7.66. The van der Waals surface area contributed by atoms with E-state index in [4.69, 9.17) is 9.72 Å². The molecule has 160 valence electrons. The lowest BCUT2D eigenvalue weighted by atomic mass is 10.0. The topological polar surface area (TPSA) is 58.6 Å². The molecule has 2 aromatic rings. The van der Waals surface area contributed by atoms with Crippen LogP contribution in [-0.4, -0.2) is 58.2 Å². The van der Waals surface area contributed by atoms with Gasteiger partial charge in [-0.25, -0.2) is 9.37 Å². The van der Waals surface area contributed by atoms with Crippen molar-refractivity contribution in [3.8, 4) is 5.75 Å². The van der Waals surface area contributed by atoms with Crippen molar-refractivity contribution in [1.82, 2.24) is 14.3 Å². The van der Waals surface area contributed by atoms with Crippen LogP contribution in [0.15, 0.2) is 23.1 Å². The van der Waals surface area contributed by atoms with Gasteiger partial charge in [0.2, 0.25) is 5.13 Å². The Morgan fingerprint density at radius 3 is 2.67 bits per heavy atom. The summed E-state index contributed by atoms with van der Waals surface area (Å²) in [4.78, 5) is 22.7. The Hall–Kier alpha value is -1.87. The number of carbonyl (C=O) groups is 1. The molecule has 1 amide bonds. The van der Waals surface area contributed by atoms with Gasteiger partial charge in [-0.15, -0.1) is 11.8 Å². The predicted molar refractivity (Wildman–Crippen MR) is 116 cm³/mol. The normalized spacial score (nSPS) is 22.7. The van der Waals surface area contributed by atoms with Gasteiger partial charge in [-0.1, -0.05) is 0 Å². The number of carbonyl (C=O) groups excluding carboxylic acids is 1. The van der Waals surface area contributed by atoms with Gasteiger partial charge in [0.15, 0.2) is 17.7 Å². The van der Waals surface area contributed by atoms with Gasteiger partial charge in [0.1, 0.15) is 5.82 Å². The predicted octanol–water partition coefficient (Wildman–Crippen LogP) is 3.93. The lowest BCUT2D eigenvalue weighted by molar-refractivity contribution is -0.135. The number of amides is 1. The second-order valence-corrected chi connectivity index (χ2v) is 9.76. The summed E-state index contributed by atoms with van der Waals surface area (Å²) in [5.41, 5.74) is 0. The Morgan fingerprint density at radius 1 is 1.17 bits per heavy atom. The zero-order chi connectivity index (χ0) is 20.7. The Labute approximate surface area is 184 Å². The van der Waals surface area contributed by atoms with Gasteiger partial charge in [-0.3, -0.25) is 4.79 Å². The molecule has 2 aliphatic heterocycles. The minimum Gasteiger partial charge on any atom is -0.477 e. The molecule has 9 heteroatoms. The molecule has 0 bridgehead atoms. The van der Waals surface area contributed by atoms with E-state index < -0.39 is 11.9 Å². The summed E-state index contributed by atoms with van der Waals surface area (Å²) in [7, 11) is 0. The Morgan fingerprint density at radius 2 is 1.97 bits per heavy atom. The lowest BCUT2D eigenvalue weighted by Crippen LogP contribution is -2.47. The first-order valence-electron chi connectivity index (χ1n) is 10.5. The van der Waals surface area contributed by atoms with Gasteiger partial charge in [-0.05, 0) is 50.1 Å². The Balaban J connectivity index is 1.17. The van der Waals surface area contributed by atoms with Crippen LogP contribution in [0.25, 0.3) is 0 Å². The number of rotatable bonds is 6. The van der Waals surface area contributed by atoms with E-state index in [9.17, 15) is 9.18 Å². The molecular weight excluding hydrogens is 423 g/mol. The molecule has 0 spiro atoms. The highest BCUT2D eigenvalue weighted by Crippen LogP contribution is 2.40. The molecule has 5 rings (SSSR count). The molecule has 0 radical (unpaired) electrons. The smallest absolute Gasteiger partial charge is 0.263 e. The van der Waals surface area contributed by atoms with Gasteiger partial charge < -0.3 is 14.5 Å². The Bertz CT molecular complexity index is 927. The van der Waals surface area contributed by atoms with E-state index in [-0.39, 0.29) is 17.7 Å². The molecule has 6 nitrogen and oxygen atoms in total. The van der Waals surface area contributed by atoms with Gasteiger partial charge in [0.05, 0.1) is 0 Å². The highest BCUT2D eigenvalue weighted by Gasteiger charge is 2.39. The summed E-state index contributed by atoms with van der Waals surface area (Å²) >= 11 is 2.97. The summed E-state index contributed by atoms with van der Waals surface area (Å²) in [6.45, 7) is 2.43. The average molecular weight is 449 g/mol. The molecule has 30 heavy (non-hydrogen) atoms. The number of hydrogen-bond acceptors (Lipinski definition) is 7. The third kappa shape index (κ3) is 4.01. The average Bonchev–Trinajstić information content (AvgIpc) is 3.39. The number of likely N-dealkylation sites (tertiary alicyclic amines) is 1. The molecule has 1 unspecified atom stereocenters. The van der Waals surface area contributed by atoms with Crippen LogP contribution in [0.5, 0.6) is 5.75 Å². The van der Waals surface area contributed by atoms with Crippen molar-refractivity contribution < 1.29 is 13.9 Å². The van der Waals surface area contributed by atoms with Crippen molar-refractivity contribution >= 4 is 34.3 Å². The third-order valence-electron chi connectivity index (χ3n) is 6.15. The second kappa shape index (κ2) is 8.34. The first-order valence-corrected chi connectivity index (χ1v) is 12.5. The molecular formula is C21H25FN4O2S2. The number of hydrogen-bond donors (Lipinski definition) is 0. The van der Waals surface area contributed by atoms with E-state index in [1.165, 1.54) is 42.2 Å². The maximum Gasteiger partial charge on any atom is 0.263 e. The van der Waals surface area contributed by atoms with Crippen molar-refractivity contribution in [2.24, 2.45) is 0 Å². The van der Waals surface area contributed by atoms with Crippen LogP contribution >= 0.6 is 23.3 Å². The Kier molecular flexibility index (Phi) is 5.58. The quantitative estimate of drug-likeness (QED) is 0.624. The molecule has 3 aliphatic rings. The number of piperidine rings is 1. The molecule has 1 atom stereocenters. The summed E-state index contributed by atoms with van der Waals surface area (Å²) in [6.07, 6.45) is 6.15. The summed E-state index contributed by atoms with van der Waals surface area (Å²) in [5, 5.41) is 1.01. The number of aromatic nitrogens is 2. The van der Waals surface area contributed by atoms with Crippen LogP contribution in [0.2, 0.25) is 0 Å². The van der Waals surface area contributed by atoms with Crippen molar-refractivity contribution in [3.63, 3.8) is 0 Å². The van der Waals surface area contributed by atoms with Crippen LogP contribution in [0.3, 0.4) is 0 Å². The number of benzene rings is 1. The molecule has 1 aromatic carbocycles. The largest absolute Gasteiger partial charge is 0.477 e. The van der Waals surface area contributed by atoms with Crippen LogP contribution in [0, 0.1) is 5.82 Å². The summed E-state index contributed by atoms with van der Waals surface area (Å²) < 4.78 is 24.5. The number of ether oxygens (including phenoxy) is 1. The van der Waals surface area contributed by atoms with E-state index in [1.807, 2.05) is 17.2 Å². The minimum atomic E-state index is -0.595. The van der Waals surface area contributed by atoms with Crippen molar-refractivity contribution in [2.75, 3.05) is 30.8 Å². The van der Waals surface area contributed by atoms with Gasteiger partial charge >= 0.3 is 0 Å². The van der Waals surface area contributed by atoms with Crippen LogP contribution < -0.4 is 9.64 Å². The number of anilines is 1. The summed E-state index contributed by atoms with van der Waals surface area (Å²) in [6, 6.07) is 5.10. The fraction of sp³-hybridized carbons (Fsp3) is 0.571. The first-order chi connectivity index (χ1) is 14.6. The minimum absolute atomic E-state index is 0.0197. The molecule has 1 aliphatic carbocycles. The molecule has 3 heterocycles. The molecule has 3 fully saturated rings. The van der Waals surface area contributed by atoms with E-state index in [2.05, 4.69) is 9.27 Å². The lowest BCUT2D eigenvalue weighted by Gasteiger charge is -2.36. The van der Waals surface area contributed by atoms with E-state index in [0.29, 0.717) is 18.9 Å². The maximum atomic E-state index is 14.3. The first kappa shape index (κ1) is 20.1. The van der Waals surface area contributed by atoms with Gasteiger partial charge in [0.25, 0.3) is 5.91 Å². The fourth-order valence-electron chi connectivity index (χ4n) is 4.24. The summed E-state index contributed by atoms with van der Waals surface area (Å²) in [5.74, 6) is 1.31. The SMILES string of the molecule is CSc1ccc(OC2CCN(C3CCN(c4nc(C5CC5)ns4)CC3)C2=O)c(F)c1. The van der Waals surface area contributed by atoms with Crippen LogP contribution in [-0.2, 0) is 4.79 Å². The van der Waals surface area contributed by atoms with E-state index >= 15 is 0 Å². The zero-order valence-electron chi connectivity index (χ0n) is 16.9. The van der Waals surface area contributed by atoms with Crippen LogP contribution in [0.1, 0.15) is 43.8 Å². The van der Waals surface area contributed by atoms with Gasteiger partial charge in [0, 0.05) is 54.4 Å². The number of halogens is 1. The molecule has 1 saturated carbocycles. The molecule has 1 aromatic heterocycles. The molecule has 0 N–H and O–H groups in total. The van der Waals surface area contributed by atoms with Gasteiger partial charge in [-0.2, -0.15) is 4.37 Å². The monoisotopic (exact) mass is 448 g/mol. The molecule has 2 saturated heterocycles. The van der Waals surface area contributed by atoms with E-state index in [1.54, 1.807) is 6.07 Å². The van der Waals surface area contributed by atoms with Crippen LogP contribution in [0.4, 0.5) is 9.52 Å². The second-order valence-electron chi connectivity index (χ2n) is 8.15. The highest BCUT2D eigenvalue weighted by atomic mass is 32.2. The highest BCUT2D eigenvalue weighted by molar-refractivity contribution is 7.98. The van der Waals surface area contributed by atoms with Crippen molar-refractivity contribution in [2.45, 2.75) is 55.1 Å². The number of nitrogens with zero attached hydrogens (tertiary/aromatic N) is 4. The number of thioether (sulfide) groups is 1. The maximum absolute atomic E-state index is 14.3. The van der Waals surface area contributed by atoms with Crippen molar-refractivity contribution in [3.05, 3.63) is 29.8 Å². The van der Waals surface area contributed by atoms with Crippen molar-refractivity contribution in [1.29, 1.82) is 0 Å². The van der Waals surface area contributed by atoms with E-state index in [0.717, 1.165) is 41.8 Å². The standard InChI is InChI=1S/C21H25FN4O2S2/c1-29-15-4-5-17(16(22)12-15)28-18-8-11-26(20(18)27)14-6-9-25(10-7-14)21-23-19(24-30-21)13-2-3-13/h4-5,12-14,18H,2-3,6-11H2,1H3. The fourth-order valence-corrected chi connectivity index (χ4v) is 5.46. The zero-order valence-corrected chi connectivity index (χ0v) is 18.6.